The van der Waals surface area contributed by atoms with E-state index in [1.54, 1.807) is 6.20 Å². The second-order valence-electron chi connectivity index (χ2n) is 9.36. The molecule has 8 heteroatoms. The molecule has 0 radical (unpaired) electrons. The molecule has 5 rings (SSSR count). The third kappa shape index (κ3) is 3.78. The number of likely N-dealkylation sites (tertiary alicyclic amines) is 1. The summed E-state index contributed by atoms with van der Waals surface area (Å²) in [6, 6.07) is 10.3. The summed E-state index contributed by atoms with van der Waals surface area (Å²) in [6.45, 7) is 9.73. The number of ether oxygens (including phenoxy) is 1. The van der Waals surface area contributed by atoms with E-state index >= 15 is 0 Å². The Kier molecular flexibility index (Phi) is 5.43. The highest BCUT2D eigenvalue weighted by Gasteiger charge is 2.45. The van der Waals surface area contributed by atoms with Crippen molar-refractivity contribution < 1.29 is 14.7 Å². The fraction of sp³-hybridized carbons (Fsp3) is 0.500. The quantitative estimate of drug-likeness (QED) is 0.743. The summed E-state index contributed by atoms with van der Waals surface area (Å²) < 4.78 is 5.95. The van der Waals surface area contributed by atoms with Crippen LogP contribution in [0.25, 0.3) is 0 Å². The summed E-state index contributed by atoms with van der Waals surface area (Å²) in [5.41, 5.74) is 4.09. The van der Waals surface area contributed by atoms with Crippen molar-refractivity contribution in [2.75, 3.05) is 31.1 Å². The summed E-state index contributed by atoms with van der Waals surface area (Å²) in [4.78, 5) is 14.0. The summed E-state index contributed by atoms with van der Waals surface area (Å²) >= 11 is 0. The van der Waals surface area contributed by atoms with Crippen molar-refractivity contribution in [3.63, 3.8) is 0 Å². The number of hydrogen-bond donors (Lipinski definition) is 2. The Morgan fingerprint density at radius 3 is 2.97 bits per heavy atom. The van der Waals surface area contributed by atoms with E-state index in [1.165, 1.54) is 5.56 Å². The summed E-state index contributed by atoms with van der Waals surface area (Å²) in [5, 5.41) is 18.8. The number of nitrogens with zero attached hydrogens (tertiary/aromatic N) is 4. The smallest absolute Gasteiger partial charge is 0.191 e. The Hall–Kier alpha value is -2.84. The van der Waals surface area contributed by atoms with Crippen LogP contribution < -0.4 is 15.0 Å². The molecule has 0 saturated carbocycles. The van der Waals surface area contributed by atoms with Gasteiger partial charge in [0.2, 0.25) is 0 Å². The van der Waals surface area contributed by atoms with E-state index < -0.39 is 6.35 Å². The molecule has 4 heterocycles. The number of oxime groups is 1. The lowest BCUT2D eigenvalue weighted by atomic mass is 9.81. The number of rotatable bonds is 5. The van der Waals surface area contributed by atoms with Gasteiger partial charge in [-0.1, -0.05) is 31.1 Å². The standard InChI is InChI=1S/C24H31N5O3/c1-4-17-7-8-19-20(10-17)31-11-16(2)29(19)23(30)28-14-24(3,15-28)13-26-22-21-18(12-32-27-22)6-5-9-25-21/h5-10,16,23,30H,4,11-15H2,1-3H3,(H,26,27). The van der Waals surface area contributed by atoms with Crippen LogP contribution in [-0.2, 0) is 17.9 Å². The Bertz CT molecular complexity index is 1020. The van der Waals surface area contributed by atoms with Crippen LogP contribution in [0.4, 0.5) is 5.69 Å². The van der Waals surface area contributed by atoms with Crippen LogP contribution in [0.3, 0.4) is 0 Å². The maximum Gasteiger partial charge on any atom is 0.191 e. The molecule has 1 aromatic heterocycles. The Morgan fingerprint density at radius 2 is 2.16 bits per heavy atom. The normalized spacial score (nSPS) is 22.4. The fourth-order valence-corrected chi connectivity index (χ4v) is 4.76. The first kappa shape index (κ1) is 21.0. The minimum absolute atomic E-state index is 0.0142. The maximum absolute atomic E-state index is 11.2. The molecule has 0 aliphatic carbocycles. The first-order valence-electron chi connectivity index (χ1n) is 11.3. The summed E-state index contributed by atoms with van der Waals surface area (Å²) in [7, 11) is 0. The number of aliphatic hydroxyl groups is 1. The molecule has 1 saturated heterocycles. The van der Waals surface area contributed by atoms with E-state index in [0.29, 0.717) is 19.0 Å². The van der Waals surface area contributed by atoms with Crippen molar-refractivity contribution in [3.8, 4) is 5.75 Å². The molecular formula is C24H31N5O3. The Balaban J connectivity index is 1.23. The number of amidine groups is 1. The van der Waals surface area contributed by atoms with E-state index in [2.05, 4.69) is 64.2 Å². The summed E-state index contributed by atoms with van der Waals surface area (Å²) in [5.74, 6) is 1.53. The first-order chi connectivity index (χ1) is 15.5. The molecule has 2 aromatic rings. The Morgan fingerprint density at radius 1 is 1.31 bits per heavy atom. The van der Waals surface area contributed by atoms with E-state index in [1.807, 2.05) is 12.1 Å². The van der Waals surface area contributed by atoms with Crippen LogP contribution in [0.2, 0.25) is 0 Å². The van der Waals surface area contributed by atoms with Crippen LogP contribution >= 0.6 is 0 Å². The topological polar surface area (TPSA) is 82.5 Å². The van der Waals surface area contributed by atoms with Gasteiger partial charge in [-0.2, -0.15) is 0 Å². The van der Waals surface area contributed by atoms with Gasteiger partial charge < -0.3 is 24.9 Å². The van der Waals surface area contributed by atoms with Gasteiger partial charge >= 0.3 is 0 Å². The van der Waals surface area contributed by atoms with E-state index in [0.717, 1.165) is 48.7 Å². The zero-order chi connectivity index (χ0) is 22.3. The number of pyridine rings is 1. The molecule has 3 aliphatic rings. The largest absolute Gasteiger partial charge is 0.489 e. The van der Waals surface area contributed by atoms with Crippen molar-refractivity contribution in [2.45, 2.75) is 46.2 Å². The average molecular weight is 438 g/mol. The number of benzene rings is 1. The molecular weight excluding hydrogens is 406 g/mol. The van der Waals surface area contributed by atoms with Crippen LogP contribution in [-0.4, -0.2) is 59.5 Å². The monoisotopic (exact) mass is 437 g/mol. The second-order valence-corrected chi connectivity index (χ2v) is 9.36. The third-order valence-electron chi connectivity index (χ3n) is 6.58. The molecule has 0 amide bonds. The highest BCUT2D eigenvalue weighted by molar-refractivity contribution is 5.98. The van der Waals surface area contributed by atoms with Gasteiger partial charge in [0, 0.05) is 36.8 Å². The fourth-order valence-electron chi connectivity index (χ4n) is 4.76. The van der Waals surface area contributed by atoms with Gasteiger partial charge in [-0.15, -0.1) is 0 Å². The first-order valence-corrected chi connectivity index (χ1v) is 11.3. The highest BCUT2D eigenvalue weighted by Crippen LogP contribution is 2.39. The lowest BCUT2D eigenvalue weighted by molar-refractivity contribution is -0.106. The molecule has 8 nitrogen and oxygen atoms in total. The lowest BCUT2D eigenvalue weighted by Crippen LogP contribution is -2.67. The van der Waals surface area contributed by atoms with Crippen LogP contribution in [0.15, 0.2) is 41.7 Å². The molecule has 1 fully saturated rings. The van der Waals surface area contributed by atoms with Crippen LogP contribution in [0.1, 0.15) is 37.6 Å². The minimum atomic E-state index is -0.689. The van der Waals surface area contributed by atoms with Crippen molar-refractivity contribution in [3.05, 3.63) is 53.3 Å². The average Bonchev–Trinajstić information content (AvgIpc) is 2.80. The minimum Gasteiger partial charge on any atom is -0.489 e. The lowest BCUT2D eigenvalue weighted by Gasteiger charge is -2.54. The highest BCUT2D eigenvalue weighted by atomic mass is 16.6. The van der Waals surface area contributed by atoms with E-state index in [-0.39, 0.29) is 11.5 Å². The Labute approximate surface area is 188 Å². The third-order valence-corrected chi connectivity index (χ3v) is 6.58. The van der Waals surface area contributed by atoms with Gasteiger partial charge in [0.15, 0.2) is 12.2 Å². The van der Waals surface area contributed by atoms with Crippen molar-refractivity contribution in [2.24, 2.45) is 10.6 Å². The van der Waals surface area contributed by atoms with Gasteiger partial charge in [-0.3, -0.25) is 9.88 Å². The molecule has 2 unspecified atom stereocenters. The van der Waals surface area contributed by atoms with Gasteiger partial charge in [0.1, 0.15) is 24.7 Å². The molecule has 3 aliphatic heterocycles. The number of nitrogens with one attached hydrogen (secondary N) is 1. The number of aromatic nitrogens is 1. The number of aliphatic hydroxyl groups excluding tert-OH is 1. The zero-order valence-corrected chi connectivity index (χ0v) is 18.9. The van der Waals surface area contributed by atoms with Crippen molar-refractivity contribution in [1.29, 1.82) is 0 Å². The predicted octanol–water partition coefficient (Wildman–Crippen LogP) is 2.31. The van der Waals surface area contributed by atoms with E-state index in [4.69, 9.17) is 9.57 Å². The maximum atomic E-state index is 11.2. The molecule has 1 aromatic carbocycles. The number of hydrogen-bond acceptors (Lipinski definition) is 8. The van der Waals surface area contributed by atoms with Crippen molar-refractivity contribution in [1.82, 2.24) is 15.2 Å². The van der Waals surface area contributed by atoms with Gasteiger partial charge in [-0.25, -0.2) is 0 Å². The molecule has 0 spiro atoms. The van der Waals surface area contributed by atoms with Gasteiger partial charge in [0.25, 0.3) is 0 Å². The van der Waals surface area contributed by atoms with Crippen LogP contribution in [0.5, 0.6) is 5.75 Å². The molecule has 32 heavy (non-hydrogen) atoms. The van der Waals surface area contributed by atoms with E-state index in [9.17, 15) is 5.11 Å². The van der Waals surface area contributed by atoms with Crippen LogP contribution in [0, 0.1) is 5.41 Å². The number of fused-ring (bicyclic) bond motifs is 2. The summed E-state index contributed by atoms with van der Waals surface area (Å²) in [6.07, 6.45) is 2.05. The zero-order valence-electron chi connectivity index (χ0n) is 18.9. The molecule has 170 valence electrons. The molecule has 2 atom stereocenters. The molecule has 0 bridgehead atoms. The number of aryl methyl sites for hydroxylation is 1. The SMILES string of the molecule is CCc1ccc2c(c1)OCC(C)N2C(O)N1CC(C)(CNC2=NOCc3cccnc32)C1. The van der Waals surface area contributed by atoms with Gasteiger partial charge in [-0.05, 0) is 37.1 Å². The second kappa shape index (κ2) is 8.26. The predicted molar refractivity (Wildman–Crippen MR) is 123 cm³/mol. The number of anilines is 1. The van der Waals surface area contributed by atoms with Crippen molar-refractivity contribution >= 4 is 11.5 Å². The van der Waals surface area contributed by atoms with Gasteiger partial charge in [0.05, 0.1) is 11.7 Å². The molecule has 2 N–H and O–H groups in total.